The molecule has 0 spiro atoms. The number of nitrogens with two attached hydrogens (primary N) is 1. The molecule has 0 amide bonds. The van der Waals surface area contributed by atoms with Crippen LogP contribution in [0.1, 0.15) is 5.56 Å². The second-order valence-corrected chi connectivity index (χ2v) is 4.13. The van der Waals surface area contributed by atoms with Crippen molar-refractivity contribution in [3.05, 3.63) is 59.1 Å². The molecule has 2 aromatic rings. The standard InChI is InChI=1S/C14H14ClN/c15-14-7-2-1-6-13(14)12-5-3-4-11(10-12)8-9-16/h1-7,10H,8-9,16H2. The third-order valence-electron chi connectivity index (χ3n) is 2.54. The first-order valence-electron chi connectivity index (χ1n) is 5.35. The Morgan fingerprint density at radius 3 is 2.56 bits per heavy atom. The Morgan fingerprint density at radius 1 is 1.00 bits per heavy atom. The quantitative estimate of drug-likeness (QED) is 0.860. The van der Waals surface area contributed by atoms with E-state index in [0.29, 0.717) is 6.54 Å². The molecule has 2 N–H and O–H groups in total. The third-order valence-corrected chi connectivity index (χ3v) is 2.87. The lowest BCUT2D eigenvalue weighted by Crippen LogP contribution is -2.02. The van der Waals surface area contributed by atoms with Crippen molar-refractivity contribution in [1.82, 2.24) is 0 Å². The van der Waals surface area contributed by atoms with Gasteiger partial charge in [0, 0.05) is 10.6 Å². The molecule has 0 aliphatic rings. The van der Waals surface area contributed by atoms with Gasteiger partial charge in [-0.15, -0.1) is 0 Å². The van der Waals surface area contributed by atoms with E-state index in [4.69, 9.17) is 17.3 Å². The summed E-state index contributed by atoms with van der Waals surface area (Å²) in [5.74, 6) is 0. The molecular formula is C14H14ClN. The monoisotopic (exact) mass is 231 g/mol. The predicted octanol–water partition coefficient (Wildman–Crippen LogP) is 3.51. The van der Waals surface area contributed by atoms with Gasteiger partial charge < -0.3 is 5.73 Å². The van der Waals surface area contributed by atoms with Gasteiger partial charge in [-0.1, -0.05) is 54.1 Å². The van der Waals surface area contributed by atoms with Crippen molar-refractivity contribution in [1.29, 1.82) is 0 Å². The van der Waals surface area contributed by atoms with Gasteiger partial charge in [-0.2, -0.15) is 0 Å². The lowest BCUT2D eigenvalue weighted by molar-refractivity contribution is 0.969. The van der Waals surface area contributed by atoms with Crippen molar-refractivity contribution < 1.29 is 0 Å². The average Bonchev–Trinajstić information content (AvgIpc) is 2.30. The fourth-order valence-corrected chi connectivity index (χ4v) is 2.00. The van der Waals surface area contributed by atoms with E-state index in [9.17, 15) is 0 Å². The van der Waals surface area contributed by atoms with Gasteiger partial charge in [0.1, 0.15) is 0 Å². The number of rotatable bonds is 3. The lowest BCUT2D eigenvalue weighted by atomic mass is 10.0. The molecule has 0 saturated carbocycles. The van der Waals surface area contributed by atoms with E-state index in [2.05, 4.69) is 18.2 Å². The molecule has 0 aliphatic carbocycles. The zero-order valence-electron chi connectivity index (χ0n) is 8.99. The first kappa shape index (κ1) is 11.2. The molecule has 0 heterocycles. The molecule has 0 unspecified atom stereocenters. The summed E-state index contributed by atoms with van der Waals surface area (Å²) in [6, 6.07) is 16.2. The fourth-order valence-electron chi connectivity index (χ4n) is 1.76. The van der Waals surface area contributed by atoms with Crippen LogP contribution in [0.3, 0.4) is 0 Å². The zero-order chi connectivity index (χ0) is 11.4. The molecule has 0 atom stereocenters. The summed E-state index contributed by atoms with van der Waals surface area (Å²) in [5.41, 5.74) is 9.02. The van der Waals surface area contributed by atoms with Gasteiger partial charge in [-0.3, -0.25) is 0 Å². The second-order valence-electron chi connectivity index (χ2n) is 3.72. The van der Waals surface area contributed by atoms with E-state index >= 15 is 0 Å². The molecular weight excluding hydrogens is 218 g/mol. The van der Waals surface area contributed by atoms with Crippen LogP contribution in [-0.2, 0) is 6.42 Å². The second kappa shape index (κ2) is 5.15. The van der Waals surface area contributed by atoms with Crippen molar-refractivity contribution in [3.8, 4) is 11.1 Å². The van der Waals surface area contributed by atoms with Crippen molar-refractivity contribution in [3.63, 3.8) is 0 Å². The highest BCUT2D eigenvalue weighted by Crippen LogP contribution is 2.27. The van der Waals surface area contributed by atoms with E-state index in [1.807, 2.05) is 30.3 Å². The summed E-state index contributed by atoms with van der Waals surface area (Å²) in [4.78, 5) is 0. The molecule has 0 aliphatic heterocycles. The van der Waals surface area contributed by atoms with E-state index in [0.717, 1.165) is 22.6 Å². The Morgan fingerprint density at radius 2 is 1.81 bits per heavy atom. The highest BCUT2D eigenvalue weighted by atomic mass is 35.5. The molecule has 0 saturated heterocycles. The Balaban J connectivity index is 2.40. The molecule has 1 nitrogen and oxygen atoms in total. The minimum Gasteiger partial charge on any atom is -0.330 e. The molecule has 0 aromatic heterocycles. The van der Waals surface area contributed by atoms with Gasteiger partial charge in [0.2, 0.25) is 0 Å². The number of benzene rings is 2. The number of hydrogen-bond donors (Lipinski definition) is 1. The molecule has 16 heavy (non-hydrogen) atoms. The Kier molecular flexibility index (Phi) is 3.60. The van der Waals surface area contributed by atoms with Gasteiger partial charge in [0.25, 0.3) is 0 Å². The third kappa shape index (κ3) is 2.43. The van der Waals surface area contributed by atoms with Gasteiger partial charge in [-0.25, -0.2) is 0 Å². The van der Waals surface area contributed by atoms with E-state index in [1.165, 1.54) is 5.56 Å². The van der Waals surface area contributed by atoms with Crippen LogP contribution in [-0.4, -0.2) is 6.54 Å². The van der Waals surface area contributed by atoms with Crippen LogP contribution < -0.4 is 5.73 Å². The molecule has 0 radical (unpaired) electrons. The summed E-state index contributed by atoms with van der Waals surface area (Å²) in [6.45, 7) is 0.673. The van der Waals surface area contributed by atoms with Crippen LogP contribution >= 0.6 is 11.6 Å². The smallest absolute Gasteiger partial charge is 0.0484 e. The van der Waals surface area contributed by atoms with Crippen molar-refractivity contribution in [2.24, 2.45) is 5.73 Å². The maximum Gasteiger partial charge on any atom is 0.0484 e. The van der Waals surface area contributed by atoms with Crippen LogP contribution in [0.25, 0.3) is 11.1 Å². The van der Waals surface area contributed by atoms with E-state index < -0.39 is 0 Å². The SMILES string of the molecule is NCCc1cccc(-c2ccccc2Cl)c1. The van der Waals surface area contributed by atoms with Crippen LogP contribution in [0.4, 0.5) is 0 Å². The highest BCUT2D eigenvalue weighted by molar-refractivity contribution is 6.33. The van der Waals surface area contributed by atoms with Crippen molar-refractivity contribution in [2.45, 2.75) is 6.42 Å². The maximum absolute atomic E-state index is 6.16. The van der Waals surface area contributed by atoms with Crippen molar-refractivity contribution >= 4 is 11.6 Å². The fraction of sp³-hybridized carbons (Fsp3) is 0.143. The lowest BCUT2D eigenvalue weighted by Gasteiger charge is -2.06. The van der Waals surface area contributed by atoms with E-state index in [-0.39, 0.29) is 0 Å². The topological polar surface area (TPSA) is 26.0 Å². The summed E-state index contributed by atoms with van der Waals surface area (Å²) in [5, 5.41) is 0.785. The molecule has 0 fully saturated rings. The minimum atomic E-state index is 0.673. The number of halogens is 1. The molecule has 2 rings (SSSR count). The summed E-state index contributed by atoms with van der Waals surface area (Å²) < 4.78 is 0. The van der Waals surface area contributed by atoms with Crippen LogP contribution in [0, 0.1) is 0 Å². The van der Waals surface area contributed by atoms with Gasteiger partial charge in [-0.05, 0) is 30.2 Å². The normalized spacial score (nSPS) is 10.4. The van der Waals surface area contributed by atoms with Crippen LogP contribution in [0.2, 0.25) is 5.02 Å². The highest BCUT2D eigenvalue weighted by Gasteiger charge is 2.02. The zero-order valence-corrected chi connectivity index (χ0v) is 9.74. The average molecular weight is 232 g/mol. The molecule has 82 valence electrons. The minimum absolute atomic E-state index is 0.673. The first-order chi connectivity index (χ1) is 7.81. The molecule has 2 aromatic carbocycles. The van der Waals surface area contributed by atoms with Crippen molar-refractivity contribution in [2.75, 3.05) is 6.54 Å². The Hall–Kier alpha value is -1.31. The van der Waals surface area contributed by atoms with Gasteiger partial charge in [0.05, 0.1) is 0 Å². The molecule has 0 bridgehead atoms. The Labute approximate surface area is 101 Å². The van der Waals surface area contributed by atoms with Crippen LogP contribution in [0.15, 0.2) is 48.5 Å². The summed E-state index contributed by atoms with van der Waals surface area (Å²) in [7, 11) is 0. The largest absolute Gasteiger partial charge is 0.330 e. The van der Waals surface area contributed by atoms with Crippen LogP contribution in [0.5, 0.6) is 0 Å². The summed E-state index contributed by atoms with van der Waals surface area (Å²) >= 11 is 6.16. The predicted molar refractivity (Wildman–Crippen MR) is 69.6 cm³/mol. The first-order valence-corrected chi connectivity index (χ1v) is 5.73. The van der Waals surface area contributed by atoms with Gasteiger partial charge in [0.15, 0.2) is 0 Å². The van der Waals surface area contributed by atoms with Gasteiger partial charge >= 0.3 is 0 Å². The Bertz CT molecular complexity index is 480. The van der Waals surface area contributed by atoms with E-state index in [1.54, 1.807) is 0 Å². The summed E-state index contributed by atoms with van der Waals surface area (Å²) in [6.07, 6.45) is 0.901. The molecule has 2 heteroatoms. The number of hydrogen-bond acceptors (Lipinski definition) is 1. The maximum atomic E-state index is 6.16.